The van der Waals surface area contributed by atoms with Gasteiger partial charge in [-0.3, -0.25) is 4.79 Å². The van der Waals surface area contributed by atoms with E-state index < -0.39 is 10.0 Å². The molecule has 0 bridgehead atoms. The van der Waals surface area contributed by atoms with Gasteiger partial charge in [-0.2, -0.15) is 0 Å². The molecule has 0 radical (unpaired) electrons. The smallest absolute Gasteiger partial charge is 0.240 e. The first kappa shape index (κ1) is 21.0. The highest BCUT2D eigenvalue weighted by Gasteiger charge is 2.17. The van der Waals surface area contributed by atoms with Crippen LogP contribution >= 0.6 is 0 Å². The Morgan fingerprint density at radius 3 is 2.59 bits per heavy atom. The van der Waals surface area contributed by atoms with Crippen molar-refractivity contribution in [1.29, 1.82) is 0 Å². The number of sulfonamides is 1. The lowest BCUT2D eigenvalue weighted by atomic mass is 10.2. The van der Waals surface area contributed by atoms with Crippen LogP contribution in [-0.4, -0.2) is 50.5 Å². The molecule has 0 aliphatic carbocycles. The first-order chi connectivity index (χ1) is 13.8. The molecule has 1 aromatic heterocycles. The van der Waals surface area contributed by atoms with E-state index in [-0.39, 0.29) is 17.3 Å². The molecule has 1 amide bonds. The van der Waals surface area contributed by atoms with Gasteiger partial charge < -0.3 is 15.5 Å². The molecule has 1 saturated heterocycles. The van der Waals surface area contributed by atoms with Crippen LogP contribution in [0.5, 0.6) is 0 Å². The van der Waals surface area contributed by atoms with Crippen LogP contribution in [0.3, 0.4) is 0 Å². The minimum Gasteiger partial charge on any atom is -0.369 e. The van der Waals surface area contributed by atoms with Crippen molar-refractivity contribution in [2.75, 3.05) is 41.7 Å². The summed E-state index contributed by atoms with van der Waals surface area (Å²) in [6.07, 6.45) is 3.85. The van der Waals surface area contributed by atoms with Crippen molar-refractivity contribution in [3.63, 3.8) is 0 Å². The summed E-state index contributed by atoms with van der Waals surface area (Å²) in [5, 5.41) is 5.77. The monoisotopic (exact) mass is 418 g/mol. The lowest BCUT2D eigenvalue weighted by Crippen LogP contribution is -2.29. The Balaban J connectivity index is 1.54. The second-order valence-electron chi connectivity index (χ2n) is 6.94. The molecule has 2 heterocycles. The minimum atomic E-state index is -3.66. The summed E-state index contributed by atoms with van der Waals surface area (Å²) in [7, 11) is -3.66. The Bertz CT molecular complexity index is 974. The summed E-state index contributed by atoms with van der Waals surface area (Å²) in [6.45, 7) is 5.68. The summed E-state index contributed by atoms with van der Waals surface area (Å²) in [5.74, 6) is 1.34. The van der Waals surface area contributed by atoms with E-state index >= 15 is 0 Å². The van der Waals surface area contributed by atoms with Crippen molar-refractivity contribution in [3.05, 3.63) is 36.2 Å². The van der Waals surface area contributed by atoms with Gasteiger partial charge in [0.05, 0.1) is 4.90 Å². The van der Waals surface area contributed by atoms with E-state index in [4.69, 9.17) is 0 Å². The summed E-state index contributed by atoms with van der Waals surface area (Å²) in [5.41, 5.74) is 1.12. The number of carbonyl (C=O) groups excluding carboxylic acids is 1. The molecular weight excluding hydrogens is 392 g/mol. The number of rotatable bonds is 8. The fourth-order valence-electron chi connectivity index (χ4n) is 3.25. The van der Waals surface area contributed by atoms with Crippen LogP contribution in [0.15, 0.2) is 35.5 Å². The van der Waals surface area contributed by atoms with E-state index in [2.05, 4.69) is 30.2 Å². The van der Waals surface area contributed by atoms with Crippen molar-refractivity contribution < 1.29 is 13.2 Å². The molecule has 1 aliphatic rings. The van der Waals surface area contributed by atoms with Crippen molar-refractivity contribution in [2.45, 2.75) is 31.6 Å². The summed E-state index contributed by atoms with van der Waals surface area (Å²) >= 11 is 0. The van der Waals surface area contributed by atoms with E-state index in [1.807, 2.05) is 6.07 Å². The van der Waals surface area contributed by atoms with Crippen LogP contribution in [0, 0.1) is 6.92 Å². The third kappa shape index (κ3) is 5.64. The topological polar surface area (TPSA) is 116 Å². The molecule has 0 unspecified atom stereocenters. The van der Waals surface area contributed by atoms with Gasteiger partial charge in [-0.05, 0) is 43.5 Å². The molecule has 2 aromatic rings. The Hall–Kier alpha value is -2.72. The number of anilines is 3. The zero-order chi connectivity index (χ0) is 20.9. The quantitative estimate of drug-likeness (QED) is 0.559. The maximum Gasteiger partial charge on any atom is 0.240 e. The van der Waals surface area contributed by atoms with E-state index in [1.165, 1.54) is 32.2 Å². The number of nitrogens with one attached hydrogen (secondary N) is 3. The maximum absolute atomic E-state index is 12.6. The van der Waals surface area contributed by atoms with Crippen LogP contribution in [0.25, 0.3) is 0 Å². The Kier molecular flexibility index (Phi) is 6.65. The zero-order valence-corrected chi connectivity index (χ0v) is 17.4. The number of hydrogen-bond acceptors (Lipinski definition) is 7. The summed E-state index contributed by atoms with van der Waals surface area (Å²) in [4.78, 5) is 22.0. The van der Waals surface area contributed by atoms with Gasteiger partial charge in [-0.25, -0.2) is 23.1 Å². The molecule has 9 nitrogen and oxygen atoms in total. The first-order valence-electron chi connectivity index (χ1n) is 9.54. The SMILES string of the molecule is CC(=O)Nc1ccc(S(=O)(=O)NCCNc2cc(N3CCCC3)ncn2)c(C)c1. The molecular formula is C19H26N6O3S. The highest BCUT2D eigenvalue weighted by molar-refractivity contribution is 7.89. The van der Waals surface area contributed by atoms with Gasteiger partial charge in [0, 0.05) is 44.9 Å². The molecule has 1 fully saturated rings. The molecule has 156 valence electrons. The average molecular weight is 419 g/mol. The van der Waals surface area contributed by atoms with Crippen molar-refractivity contribution in [3.8, 4) is 0 Å². The van der Waals surface area contributed by atoms with Gasteiger partial charge in [0.1, 0.15) is 18.0 Å². The minimum absolute atomic E-state index is 0.185. The predicted octanol–water partition coefficient (Wildman–Crippen LogP) is 1.73. The van der Waals surface area contributed by atoms with Gasteiger partial charge in [0.25, 0.3) is 0 Å². The fraction of sp³-hybridized carbons (Fsp3) is 0.421. The molecule has 3 rings (SSSR count). The van der Waals surface area contributed by atoms with E-state index in [1.54, 1.807) is 19.1 Å². The fourth-order valence-corrected chi connectivity index (χ4v) is 4.50. The lowest BCUT2D eigenvalue weighted by molar-refractivity contribution is -0.114. The maximum atomic E-state index is 12.6. The third-order valence-corrected chi connectivity index (χ3v) is 6.21. The number of aryl methyl sites for hydroxylation is 1. The Morgan fingerprint density at radius 2 is 1.90 bits per heavy atom. The van der Waals surface area contributed by atoms with Crippen LogP contribution in [0.4, 0.5) is 17.3 Å². The average Bonchev–Trinajstić information content (AvgIpc) is 3.20. The van der Waals surface area contributed by atoms with Gasteiger partial charge in [-0.15, -0.1) is 0 Å². The second kappa shape index (κ2) is 9.19. The van der Waals surface area contributed by atoms with Gasteiger partial charge in [0.2, 0.25) is 15.9 Å². The normalized spacial score (nSPS) is 14.1. The van der Waals surface area contributed by atoms with Crippen LogP contribution < -0.4 is 20.3 Å². The molecule has 0 spiro atoms. The lowest BCUT2D eigenvalue weighted by Gasteiger charge is -2.16. The summed E-state index contributed by atoms with van der Waals surface area (Å²) < 4.78 is 27.7. The highest BCUT2D eigenvalue weighted by atomic mass is 32.2. The van der Waals surface area contributed by atoms with Crippen molar-refractivity contribution in [1.82, 2.24) is 14.7 Å². The third-order valence-electron chi connectivity index (χ3n) is 4.59. The molecule has 0 saturated carbocycles. The predicted molar refractivity (Wildman–Crippen MR) is 113 cm³/mol. The van der Waals surface area contributed by atoms with E-state index in [9.17, 15) is 13.2 Å². The number of hydrogen-bond donors (Lipinski definition) is 3. The Labute approximate surface area is 171 Å². The molecule has 3 N–H and O–H groups in total. The Morgan fingerprint density at radius 1 is 1.14 bits per heavy atom. The van der Waals surface area contributed by atoms with Crippen molar-refractivity contribution >= 4 is 33.3 Å². The molecule has 0 atom stereocenters. The largest absolute Gasteiger partial charge is 0.369 e. The number of aromatic nitrogens is 2. The van der Waals surface area contributed by atoms with E-state index in [0.29, 0.717) is 23.6 Å². The summed E-state index contributed by atoms with van der Waals surface area (Å²) in [6, 6.07) is 6.57. The molecule has 1 aromatic carbocycles. The number of amides is 1. The molecule has 29 heavy (non-hydrogen) atoms. The van der Waals surface area contributed by atoms with Gasteiger partial charge in [0.15, 0.2) is 0 Å². The molecule has 10 heteroatoms. The van der Waals surface area contributed by atoms with Crippen LogP contribution in [0.1, 0.15) is 25.3 Å². The zero-order valence-electron chi connectivity index (χ0n) is 16.6. The standard InChI is InChI=1S/C19H26N6O3S/c1-14-11-16(24-15(2)26)5-6-17(14)29(27,28)23-8-7-20-18-12-19(22-13-21-18)25-9-3-4-10-25/h5-6,11-13,23H,3-4,7-10H2,1-2H3,(H,24,26)(H,20,21,22). The van der Waals surface area contributed by atoms with Gasteiger partial charge >= 0.3 is 0 Å². The second-order valence-corrected chi connectivity index (χ2v) is 8.68. The van der Waals surface area contributed by atoms with Crippen molar-refractivity contribution in [2.24, 2.45) is 0 Å². The van der Waals surface area contributed by atoms with Gasteiger partial charge in [-0.1, -0.05) is 0 Å². The highest BCUT2D eigenvalue weighted by Crippen LogP contribution is 2.20. The van der Waals surface area contributed by atoms with E-state index in [0.717, 1.165) is 18.9 Å². The van der Waals surface area contributed by atoms with Crippen LogP contribution in [0.2, 0.25) is 0 Å². The number of nitrogens with zero attached hydrogens (tertiary/aromatic N) is 3. The first-order valence-corrected chi connectivity index (χ1v) is 11.0. The molecule has 1 aliphatic heterocycles. The van der Waals surface area contributed by atoms with Crippen LogP contribution in [-0.2, 0) is 14.8 Å². The number of benzene rings is 1. The number of carbonyl (C=O) groups is 1.